The molecule has 0 spiro atoms. The Bertz CT molecular complexity index is 544. The molecule has 2 aromatic rings. The highest BCUT2D eigenvalue weighted by Gasteiger charge is 2.03. The number of hydrogen-bond acceptors (Lipinski definition) is 3. The number of hydrogen-bond donors (Lipinski definition) is 2. The van der Waals surface area contributed by atoms with Crippen LogP contribution in [-0.2, 0) is 17.8 Å². The molecule has 19 heavy (non-hydrogen) atoms. The predicted molar refractivity (Wildman–Crippen MR) is 75.0 cm³/mol. The SMILES string of the molecule is CNC(=O)Cc1ccc(NCc2occc2C)cc1. The molecule has 0 bridgehead atoms. The van der Waals surface area contributed by atoms with E-state index in [-0.39, 0.29) is 5.91 Å². The monoisotopic (exact) mass is 258 g/mol. The van der Waals surface area contributed by atoms with Gasteiger partial charge in [-0.1, -0.05) is 12.1 Å². The summed E-state index contributed by atoms with van der Waals surface area (Å²) in [5.74, 6) is 0.960. The van der Waals surface area contributed by atoms with Crippen molar-refractivity contribution in [2.75, 3.05) is 12.4 Å². The first kappa shape index (κ1) is 13.2. The number of aryl methyl sites for hydroxylation is 1. The van der Waals surface area contributed by atoms with Crippen LogP contribution >= 0.6 is 0 Å². The highest BCUT2D eigenvalue weighted by molar-refractivity contribution is 5.78. The Morgan fingerprint density at radius 3 is 2.53 bits per heavy atom. The maximum Gasteiger partial charge on any atom is 0.224 e. The molecule has 0 saturated carbocycles. The molecule has 2 N–H and O–H groups in total. The van der Waals surface area contributed by atoms with E-state index in [1.54, 1.807) is 13.3 Å². The normalized spacial score (nSPS) is 10.2. The molecule has 1 aromatic carbocycles. The molecular formula is C15H18N2O2. The van der Waals surface area contributed by atoms with E-state index in [0.717, 1.165) is 22.6 Å². The Morgan fingerprint density at radius 2 is 1.95 bits per heavy atom. The summed E-state index contributed by atoms with van der Waals surface area (Å²) in [7, 11) is 1.64. The largest absolute Gasteiger partial charge is 0.467 e. The third-order valence-corrected chi connectivity index (χ3v) is 3.02. The van der Waals surface area contributed by atoms with E-state index in [0.29, 0.717) is 13.0 Å². The number of carbonyl (C=O) groups excluding carboxylic acids is 1. The third kappa shape index (κ3) is 3.61. The molecule has 1 aromatic heterocycles. The van der Waals surface area contributed by atoms with E-state index < -0.39 is 0 Å². The van der Waals surface area contributed by atoms with Crippen LogP contribution in [0.2, 0.25) is 0 Å². The minimum Gasteiger partial charge on any atom is -0.467 e. The van der Waals surface area contributed by atoms with Crippen LogP contribution < -0.4 is 10.6 Å². The lowest BCUT2D eigenvalue weighted by Gasteiger charge is -2.06. The highest BCUT2D eigenvalue weighted by atomic mass is 16.3. The Morgan fingerprint density at radius 1 is 1.21 bits per heavy atom. The number of likely N-dealkylation sites (N-methyl/N-ethyl adjacent to an activating group) is 1. The Kier molecular flexibility index (Phi) is 4.23. The van der Waals surface area contributed by atoms with Crippen LogP contribution in [0.25, 0.3) is 0 Å². The van der Waals surface area contributed by atoms with Crippen LogP contribution in [0, 0.1) is 6.92 Å². The van der Waals surface area contributed by atoms with Crippen molar-refractivity contribution in [1.29, 1.82) is 0 Å². The molecule has 0 aliphatic heterocycles. The summed E-state index contributed by atoms with van der Waals surface area (Å²) in [5.41, 5.74) is 3.15. The number of carbonyl (C=O) groups is 1. The average Bonchev–Trinajstić information content (AvgIpc) is 2.83. The van der Waals surface area contributed by atoms with Crippen LogP contribution in [0.1, 0.15) is 16.9 Å². The van der Waals surface area contributed by atoms with Gasteiger partial charge >= 0.3 is 0 Å². The van der Waals surface area contributed by atoms with Gasteiger partial charge in [0.2, 0.25) is 5.91 Å². The van der Waals surface area contributed by atoms with Crippen LogP contribution in [0.4, 0.5) is 5.69 Å². The Labute approximate surface area is 112 Å². The van der Waals surface area contributed by atoms with Gasteiger partial charge in [0.15, 0.2) is 0 Å². The van der Waals surface area contributed by atoms with Gasteiger partial charge < -0.3 is 15.1 Å². The van der Waals surface area contributed by atoms with Crippen LogP contribution in [0.3, 0.4) is 0 Å². The summed E-state index contributed by atoms with van der Waals surface area (Å²) in [6.45, 7) is 2.68. The lowest BCUT2D eigenvalue weighted by molar-refractivity contribution is -0.119. The first-order chi connectivity index (χ1) is 9.19. The molecule has 1 heterocycles. The van der Waals surface area contributed by atoms with Crippen molar-refractivity contribution in [2.45, 2.75) is 19.9 Å². The Hall–Kier alpha value is -2.23. The second-order valence-corrected chi connectivity index (χ2v) is 4.43. The quantitative estimate of drug-likeness (QED) is 0.866. The maximum atomic E-state index is 11.2. The molecule has 100 valence electrons. The van der Waals surface area contributed by atoms with Gasteiger partial charge in [-0.05, 0) is 36.2 Å². The number of rotatable bonds is 5. The summed E-state index contributed by atoms with van der Waals surface area (Å²) < 4.78 is 5.36. The standard InChI is InChI=1S/C15H18N2O2/c1-11-7-8-19-14(11)10-17-13-5-3-12(4-6-13)9-15(18)16-2/h3-8,17H,9-10H2,1-2H3,(H,16,18). The van der Waals surface area contributed by atoms with Crippen LogP contribution in [0.5, 0.6) is 0 Å². The van der Waals surface area contributed by atoms with Gasteiger partial charge in [-0.3, -0.25) is 4.79 Å². The zero-order chi connectivity index (χ0) is 13.7. The molecule has 0 aliphatic carbocycles. The summed E-state index contributed by atoms with van der Waals surface area (Å²) in [6, 6.07) is 9.79. The summed E-state index contributed by atoms with van der Waals surface area (Å²) >= 11 is 0. The number of anilines is 1. The van der Waals surface area contributed by atoms with Crippen molar-refractivity contribution in [3.63, 3.8) is 0 Å². The minimum atomic E-state index is 0.0203. The van der Waals surface area contributed by atoms with Crippen molar-refractivity contribution in [3.8, 4) is 0 Å². The molecule has 2 rings (SSSR count). The van der Waals surface area contributed by atoms with Gasteiger partial charge in [0.05, 0.1) is 19.2 Å². The lowest BCUT2D eigenvalue weighted by Crippen LogP contribution is -2.19. The van der Waals surface area contributed by atoms with E-state index in [1.807, 2.05) is 37.3 Å². The summed E-state index contributed by atoms with van der Waals surface area (Å²) in [4.78, 5) is 11.2. The summed E-state index contributed by atoms with van der Waals surface area (Å²) in [6.07, 6.45) is 2.10. The van der Waals surface area contributed by atoms with Crippen LogP contribution in [0.15, 0.2) is 41.0 Å². The Balaban J connectivity index is 1.92. The fourth-order valence-corrected chi connectivity index (χ4v) is 1.78. The van der Waals surface area contributed by atoms with Crippen molar-refractivity contribution >= 4 is 11.6 Å². The second-order valence-electron chi connectivity index (χ2n) is 4.43. The van der Waals surface area contributed by atoms with E-state index in [4.69, 9.17) is 4.42 Å². The topological polar surface area (TPSA) is 54.3 Å². The fourth-order valence-electron chi connectivity index (χ4n) is 1.78. The van der Waals surface area contributed by atoms with Gasteiger partial charge in [-0.2, -0.15) is 0 Å². The van der Waals surface area contributed by atoms with Gasteiger partial charge in [0, 0.05) is 12.7 Å². The number of nitrogens with one attached hydrogen (secondary N) is 2. The molecule has 0 fully saturated rings. The molecule has 1 amide bonds. The zero-order valence-electron chi connectivity index (χ0n) is 11.2. The van der Waals surface area contributed by atoms with E-state index in [1.165, 1.54) is 0 Å². The van der Waals surface area contributed by atoms with Crippen molar-refractivity contribution < 1.29 is 9.21 Å². The molecule has 4 nitrogen and oxygen atoms in total. The first-order valence-corrected chi connectivity index (χ1v) is 6.25. The molecular weight excluding hydrogens is 240 g/mol. The first-order valence-electron chi connectivity index (χ1n) is 6.25. The fraction of sp³-hybridized carbons (Fsp3) is 0.267. The van der Waals surface area contributed by atoms with E-state index in [2.05, 4.69) is 10.6 Å². The smallest absolute Gasteiger partial charge is 0.224 e. The summed E-state index contributed by atoms with van der Waals surface area (Å²) in [5, 5.41) is 5.90. The number of benzene rings is 1. The predicted octanol–water partition coefficient (Wildman–Crippen LogP) is 2.49. The van der Waals surface area contributed by atoms with Gasteiger partial charge in [-0.25, -0.2) is 0 Å². The molecule has 0 radical (unpaired) electrons. The maximum absolute atomic E-state index is 11.2. The number of furan rings is 1. The number of amides is 1. The lowest BCUT2D eigenvalue weighted by atomic mass is 10.1. The van der Waals surface area contributed by atoms with E-state index in [9.17, 15) is 4.79 Å². The van der Waals surface area contributed by atoms with Gasteiger partial charge in [0.1, 0.15) is 5.76 Å². The van der Waals surface area contributed by atoms with Crippen LogP contribution in [-0.4, -0.2) is 13.0 Å². The molecule has 0 aliphatic rings. The molecule has 0 unspecified atom stereocenters. The molecule has 0 atom stereocenters. The third-order valence-electron chi connectivity index (χ3n) is 3.02. The van der Waals surface area contributed by atoms with Crippen molar-refractivity contribution in [1.82, 2.24) is 5.32 Å². The van der Waals surface area contributed by atoms with Crippen molar-refractivity contribution in [2.24, 2.45) is 0 Å². The molecule has 0 saturated heterocycles. The molecule has 4 heteroatoms. The van der Waals surface area contributed by atoms with E-state index >= 15 is 0 Å². The van der Waals surface area contributed by atoms with Crippen molar-refractivity contribution in [3.05, 3.63) is 53.5 Å². The van der Waals surface area contributed by atoms with Gasteiger partial charge in [0.25, 0.3) is 0 Å². The second kappa shape index (κ2) is 6.09. The average molecular weight is 258 g/mol. The highest BCUT2D eigenvalue weighted by Crippen LogP contribution is 2.14. The van der Waals surface area contributed by atoms with Gasteiger partial charge in [-0.15, -0.1) is 0 Å². The zero-order valence-corrected chi connectivity index (χ0v) is 11.2. The minimum absolute atomic E-state index is 0.0203.